The zero-order chi connectivity index (χ0) is 28.4. The van der Waals surface area contributed by atoms with Crippen molar-refractivity contribution in [1.29, 1.82) is 0 Å². The molecule has 0 aliphatic heterocycles. The molecule has 0 saturated heterocycles. The first-order valence-corrected chi connectivity index (χ1v) is 13.5. The molecule has 0 unspecified atom stereocenters. The number of halogens is 1. The fraction of sp³-hybridized carbons (Fsp3) is 0.448. The number of rotatable bonds is 13. The van der Waals surface area contributed by atoms with Gasteiger partial charge in [0.2, 0.25) is 0 Å². The predicted octanol–water partition coefficient (Wildman–Crippen LogP) is 5.94. The lowest BCUT2D eigenvalue weighted by molar-refractivity contribution is 0.172. The van der Waals surface area contributed by atoms with Crippen molar-refractivity contribution in [3.8, 4) is 23.0 Å². The Morgan fingerprint density at radius 1 is 1.10 bits per heavy atom. The minimum Gasteiger partial charge on any atom is -0.493 e. The highest BCUT2D eigenvalue weighted by molar-refractivity contribution is 6.33. The third-order valence-corrected chi connectivity index (χ3v) is 6.41. The number of likely N-dealkylation sites (N-methyl/N-ethyl adjacent to an activating group) is 1. The number of fused-ring (bicyclic) bond motifs is 1. The molecule has 0 bridgehead atoms. The van der Waals surface area contributed by atoms with Crippen LogP contribution in [0.4, 0.5) is 10.5 Å². The first-order valence-electron chi connectivity index (χ1n) is 13.1. The van der Waals surface area contributed by atoms with Gasteiger partial charge in [-0.05, 0) is 42.6 Å². The molecule has 39 heavy (non-hydrogen) atoms. The van der Waals surface area contributed by atoms with E-state index in [9.17, 15) is 9.90 Å². The lowest BCUT2D eigenvalue weighted by Crippen LogP contribution is -2.31. The van der Waals surface area contributed by atoms with Crippen LogP contribution in [0.2, 0.25) is 5.02 Å². The summed E-state index contributed by atoms with van der Waals surface area (Å²) in [5.41, 5.74) is 1.31. The van der Waals surface area contributed by atoms with Crippen molar-refractivity contribution >= 4 is 34.2 Å². The van der Waals surface area contributed by atoms with E-state index in [1.807, 2.05) is 19.1 Å². The number of nitrogens with one attached hydrogen (secondary N) is 2. The number of carbonyl (C=O) groups excluding carboxylic acids is 1. The van der Waals surface area contributed by atoms with Crippen LogP contribution in [0, 0.1) is 5.41 Å². The average molecular weight is 559 g/mol. The Kier molecular flexibility index (Phi) is 11.0. The van der Waals surface area contributed by atoms with E-state index in [-0.39, 0.29) is 18.1 Å². The molecule has 0 saturated carbocycles. The van der Waals surface area contributed by atoms with Crippen molar-refractivity contribution in [2.75, 3.05) is 51.8 Å². The highest BCUT2D eigenvalue weighted by atomic mass is 35.5. The number of ether oxygens (including phenoxy) is 3. The number of benzene rings is 2. The summed E-state index contributed by atoms with van der Waals surface area (Å²) in [6.45, 7) is 11.6. The maximum Gasteiger partial charge on any atom is 0.319 e. The van der Waals surface area contributed by atoms with Gasteiger partial charge >= 0.3 is 6.03 Å². The number of amides is 2. The molecule has 3 rings (SSSR count). The van der Waals surface area contributed by atoms with Crippen molar-refractivity contribution < 1.29 is 24.1 Å². The number of pyridine rings is 1. The minimum absolute atomic E-state index is 0.108. The molecular formula is C29H39ClN4O5. The normalized spacial score (nSPS) is 11.5. The number of carbonyl (C=O) groups is 1. The Labute approximate surface area is 235 Å². The SMILES string of the molecule is CCN(CCO)CCOc1cc2nccc(Oc3ccc(NC(=O)NCCC(C)(C)C)c(Cl)c3)c2cc1OC. The molecule has 2 amide bonds. The van der Waals surface area contributed by atoms with Gasteiger partial charge in [0.25, 0.3) is 0 Å². The topological polar surface area (TPSA) is 105 Å². The molecule has 0 aliphatic rings. The Bertz CT molecular complexity index is 1250. The van der Waals surface area contributed by atoms with E-state index in [1.54, 1.807) is 37.6 Å². The molecule has 212 valence electrons. The van der Waals surface area contributed by atoms with Crippen LogP contribution < -0.4 is 24.8 Å². The summed E-state index contributed by atoms with van der Waals surface area (Å²) in [6, 6.07) is 10.2. The molecular weight excluding hydrogens is 520 g/mol. The van der Waals surface area contributed by atoms with E-state index in [1.165, 1.54) is 0 Å². The van der Waals surface area contributed by atoms with Crippen molar-refractivity contribution in [3.05, 3.63) is 47.6 Å². The highest BCUT2D eigenvalue weighted by Gasteiger charge is 2.15. The van der Waals surface area contributed by atoms with E-state index in [0.717, 1.165) is 18.4 Å². The number of anilines is 1. The molecule has 2 aromatic carbocycles. The van der Waals surface area contributed by atoms with Crippen LogP contribution in [0.3, 0.4) is 0 Å². The molecule has 3 aromatic rings. The summed E-state index contributed by atoms with van der Waals surface area (Å²) >= 11 is 6.45. The Balaban J connectivity index is 1.71. The molecule has 9 nitrogen and oxygen atoms in total. The molecule has 3 N–H and O–H groups in total. The first-order chi connectivity index (χ1) is 18.6. The zero-order valence-electron chi connectivity index (χ0n) is 23.3. The van der Waals surface area contributed by atoms with Gasteiger partial charge in [0.15, 0.2) is 11.5 Å². The molecule has 0 atom stereocenters. The second kappa shape index (κ2) is 14.2. The van der Waals surface area contributed by atoms with Crippen molar-refractivity contribution in [2.24, 2.45) is 5.41 Å². The van der Waals surface area contributed by atoms with E-state index in [2.05, 4.69) is 41.3 Å². The second-order valence-corrected chi connectivity index (χ2v) is 10.7. The fourth-order valence-electron chi connectivity index (χ4n) is 3.85. The molecule has 0 spiro atoms. The Hall–Kier alpha value is -3.27. The largest absolute Gasteiger partial charge is 0.493 e. The average Bonchev–Trinajstić information content (AvgIpc) is 2.88. The number of aromatic nitrogens is 1. The van der Waals surface area contributed by atoms with Crippen molar-refractivity contribution in [1.82, 2.24) is 15.2 Å². The van der Waals surface area contributed by atoms with Crippen LogP contribution in [0.25, 0.3) is 10.9 Å². The number of aliphatic hydroxyl groups is 1. The molecule has 1 heterocycles. The lowest BCUT2D eigenvalue weighted by Gasteiger charge is -2.20. The van der Waals surface area contributed by atoms with Gasteiger partial charge in [-0.3, -0.25) is 9.88 Å². The van der Waals surface area contributed by atoms with E-state index in [4.69, 9.17) is 25.8 Å². The smallest absolute Gasteiger partial charge is 0.319 e. The number of methoxy groups -OCH3 is 1. The Morgan fingerprint density at radius 3 is 2.56 bits per heavy atom. The minimum atomic E-state index is -0.309. The molecule has 0 fully saturated rings. The summed E-state index contributed by atoms with van der Waals surface area (Å²) in [6.07, 6.45) is 2.52. The Morgan fingerprint density at radius 2 is 1.90 bits per heavy atom. The second-order valence-electron chi connectivity index (χ2n) is 10.3. The third-order valence-electron chi connectivity index (χ3n) is 6.09. The molecule has 0 aliphatic carbocycles. The van der Waals surface area contributed by atoms with Gasteiger partial charge in [0.1, 0.15) is 18.1 Å². The van der Waals surface area contributed by atoms with Gasteiger partial charge in [0.05, 0.1) is 29.9 Å². The number of hydrogen-bond acceptors (Lipinski definition) is 7. The van der Waals surface area contributed by atoms with Crippen LogP contribution in [-0.2, 0) is 0 Å². The lowest BCUT2D eigenvalue weighted by atomic mass is 9.92. The predicted molar refractivity (Wildman–Crippen MR) is 156 cm³/mol. The van der Waals surface area contributed by atoms with Gasteiger partial charge in [-0.1, -0.05) is 39.3 Å². The number of hydrogen-bond donors (Lipinski definition) is 3. The van der Waals surface area contributed by atoms with Crippen molar-refractivity contribution in [3.63, 3.8) is 0 Å². The standard InChI is InChI=1S/C29H39ClN4O5/c1-6-34(13-15-35)14-16-38-27-19-24-21(18-26(27)37-5)25(9-11-31-24)39-20-7-8-23(22(30)17-20)33-28(36)32-12-10-29(2,3)4/h7-9,11,17-19,35H,6,10,12-16H2,1-5H3,(H2,32,33,36). The molecule has 10 heteroatoms. The molecule has 0 radical (unpaired) electrons. The van der Waals surface area contributed by atoms with Crippen LogP contribution in [0.1, 0.15) is 34.1 Å². The monoisotopic (exact) mass is 558 g/mol. The summed E-state index contributed by atoms with van der Waals surface area (Å²) < 4.78 is 17.7. The maximum atomic E-state index is 12.3. The fourth-order valence-corrected chi connectivity index (χ4v) is 4.07. The van der Waals surface area contributed by atoms with E-state index < -0.39 is 0 Å². The van der Waals surface area contributed by atoms with Crippen LogP contribution in [0.15, 0.2) is 42.6 Å². The van der Waals surface area contributed by atoms with Crippen LogP contribution in [-0.4, -0.2) is 67.5 Å². The first kappa shape index (κ1) is 30.3. The summed E-state index contributed by atoms with van der Waals surface area (Å²) in [5, 5.41) is 15.9. The van der Waals surface area contributed by atoms with Gasteiger partial charge in [-0.25, -0.2) is 4.79 Å². The number of urea groups is 1. The van der Waals surface area contributed by atoms with Crippen molar-refractivity contribution in [2.45, 2.75) is 34.1 Å². The van der Waals surface area contributed by atoms with Gasteiger partial charge in [-0.2, -0.15) is 0 Å². The number of aliphatic hydroxyl groups excluding tert-OH is 1. The third kappa shape index (κ3) is 9.16. The van der Waals surface area contributed by atoms with E-state index >= 15 is 0 Å². The summed E-state index contributed by atoms with van der Waals surface area (Å²) in [4.78, 5) is 18.8. The van der Waals surface area contributed by atoms with Crippen LogP contribution in [0.5, 0.6) is 23.0 Å². The summed E-state index contributed by atoms with van der Waals surface area (Å²) in [5.74, 6) is 2.21. The van der Waals surface area contributed by atoms with Gasteiger partial charge in [0, 0.05) is 43.4 Å². The highest BCUT2D eigenvalue weighted by Crippen LogP contribution is 2.38. The number of nitrogens with zero attached hydrogens (tertiary/aromatic N) is 2. The van der Waals surface area contributed by atoms with Crippen LogP contribution >= 0.6 is 11.6 Å². The van der Waals surface area contributed by atoms with Gasteiger partial charge < -0.3 is 30.0 Å². The quantitative estimate of drug-likeness (QED) is 0.238. The van der Waals surface area contributed by atoms with E-state index in [0.29, 0.717) is 65.5 Å². The summed E-state index contributed by atoms with van der Waals surface area (Å²) in [7, 11) is 1.58. The zero-order valence-corrected chi connectivity index (χ0v) is 24.1. The maximum absolute atomic E-state index is 12.3. The van der Waals surface area contributed by atoms with Gasteiger partial charge in [-0.15, -0.1) is 0 Å². The molecule has 1 aromatic heterocycles.